The lowest BCUT2D eigenvalue weighted by molar-refractivity contribution is -0.137. The molecule has 9 heteroatoms. The quantitative estimate of drug-likeness (QED) is 0.571. The van der Waals surface area contributed by atoms with Gasteiger partial charge in [-0.2, -0.15) is 13.2 Å². The van der Waals surface area contributed by atoms with Crippen molar-refractivity contribution in [2.24, 2.45) is 0 Å². The first-order valence-corrected chi connectivity index (χ1v) is 11.0. The number of carbonyl (C=O) groups excluding carboxylic acids is 2. The number of amides is 3. The fourth-order valence-electron chi connectivity index (χ4n) is 4.16. The maximum absolute atomic E-state index is 13.4. The Morgan fingerprint density at radius 1 is 1.00 bits per heavy atom. The second-order valence-corrected chi connectivity index (χ2v) is 8.05. The van der Waals surface area contributed by atoms with Crippen molar-refractivity contribution in [3.8, 4) is 0 Å². The first-order chi connectivity index (χ1) is 16.3. The van der Waals surface area contributed by atoms with Gasteiger partial charge in [-0.3, -0.25) is 4.79 Å². The van der Waals surface area contributed by atoms with Crippen molar-refractivity contribution < 1.29 is 22.8 Å². The number of rotatable bonds is 5. The highest BCUT2D eigenvalue weighted by Gasteiger charge is 2.33. The molecule has 0 spiro atoms. The lowest BCUT2D eigenvalue weighted by Gasteiger charge is -2.38. The second kappa shape index (κ2) is 9.62. The average Bonchev–Trinajstić information content (AvgIpc) is 3.31. The molecule has 1 aliphatic heterocycles. The number of nitrogens with one attached hydrogen (secondary N) is 1. The third kappa shape index (κ3) is 4.93. The molecule has 178 valence electrons. The highest BCUT2D eigenvalue weighted by atomic mass is 19.4. The molecule has 34 heavy (non-hydrogen) atoms. The molecular formula is C25H25F3N4O2. The van der Waals surface area contributed by atoms with E-state index in [2.05, 4.69) is 9.88 Å². The monoisotopic (exact) mass is 470 g/mol. The van der Waals surface area contributed by atoms with E-state index in [1.54, 1.807) is 11.8 Å². The second-order valence-electron chi connectivity index (χ2n) is 8.05. The number of alkyl halides is 3. The van der Waals surface area contributed by atoms with Crippen LogP contribution >= 0.6 is 0 Å². The molecule has 2 aromatic carbocycles. The molecule has 1 unspecified atom stereocenters. The van der Waals surface area contributed by atoms with Gasteiger partial charge in [0.1, 0.15) is 6.54 Å². The zero-order valence-corrected chi connectivity index (χ0v) is 18.6. The van der Waals surface area contributed by atoms with Gasteiger partial charge >= 0.3 is 12.2 Å². The number of hydrogen-bond donors (Lipinski definition) is 1. The molecule has 1 aliphatic rings. The van der Waals surface area contributed by atoms with Crippen LogP contribution in [0, 0.1) is 0 Å². The van der Waals surface area contributed by atoms with E-state index < -0.39 is 17.8 Å². The van der Waals surface area contributed by atoms with Gasteiger partial charge < -0.3 is 19.7 Å². The topological polar surface area (TPSA) is 57.6 Å². The molecule has 0 radical (unpaired) electrons. The number of benzene rings is 2. The molecule has 0 bridgehead atoms. The maximum atomic E-state index is 13.4. The van der Waals surface area contributed by atoms with Gasteiger partial charge in [0, 0.05) is 37.2 Å². The zero-order chi connectivity index (χ0) is 24.3. The van der Waals surface area contributed by atoms with Crippen LogP contribution < -0.4 is 5.32 Å². The predicted octanol–water partition coefficient (Wildman–Crippen LogP) is 4.99. The molecule has 3 amide bonds. The Kier molecular flexibility index (Phi) is 6.63. The first kappa shape index (κ1) is 23.4. The summed E-state index contributed by atoms with van der Waals surface area (Å²) < 4.78 is 40.4. The summed E-state index contributed by atoms with van der Waals surface area (Å²) in [4.78, 5) is 29.3. The van der Waals surface area contributed by atoms with E-state index >= 15 is 0 Å². The number of carbonyl (C=O) groups is 2. The van der Waals surface area contributed by atoms with Gasteiger partial charge in [-0.25, -0.2) is 4.79 Å². The standard InChI is InChI=1S/C25H25F3N4O2/c1-2-30(24(34)29-20-12-10-19(11-13-20)25(26,27)28)17-22(33)32-16-15-31-14-6-9-21(31)23(32)18-7-4-3-5-8-18/h3-14,23H,2,15-17H2,1H3,(H,29,34). The fraction of sp³-hybridized carbons (Fsp3) is 0.280. The van der Waals surface area contributed by atoms with E-state index in [4.69, 9.17) is 0 Å². The van der Waals surface area contributed by atoms with Crippen LogP contribution in [0.3, 0.4) is 0 Å². The van der Waals surface area contributed by atoms with Crippen LogP contribution in [0.4, 0.5) is 23.7 Å². The molecule has 4 rings (SSSR count). The summed E-state index contributed by atoms with van der Waals surface area (Å²) in [6.07, 6.45) is -2.46. The van der Waals surface area contributed by atoms with Gasteiger partial charge in [-0.05, 0) is 48.9 Å². The highest BCUT2D eigenvalue weighted by molar-refractivity contribution is 5.92. The van der Waals surface area contributed by atoms with Crippen molar-refractivity contribution in [3.05, 3.63) is 89.7 Å². The van der Waals surface area contributed by atoms with Crippen molar-refractivity contribution in [1.29, 1.82) is 0 Å². The van der Waals surface area contributed by atoms with Crippen molar-refractivity contribution in [1.82, 2.24) is 14.4 Å². The molecule has 1 aromatic heterocycles. The first-order valence-electron chi connectivity index (χ1n) is 11.0. The molecule has 6 nitrogen and oxygen atoms in total. The van der Waals surface area contributed by atoms with Gasteiger partial charge in [0.05, 0.1) is 11.6 Å². The lowest BCUT2D eigenvalue weighted by atomic mass is 10.00. The minimum absolute atomic E-state index is 0.146. The summed E-state index contributed by atoms with van der Waals surface area (Å²) in [6.45, 7) is 3.01. The van der Waals surface area contributed by atoms with Crippen LogP contribution in [0.25, 0.3) is 0 Å². The summed E-state index contributed by atoms with van der Waals surface area (Å²) in [5, 5.41) is 2.58. The Morgan fingerprint density at radius 3 is 2.35 bits per heavy atom. The molecule has 0 saturated carbocycles. The minimum atomic E-state index is -4.45. The van der Waals surface area contributed by atoms with Gasteiger partial charge in [-0.1, -0.05) is 30.3 Å². The van der Waals surface area contributed by atoms with Gasteiger partial charge in [0.15, 0.2) is 0 Å². The van der Waals surface area contributed by atoms with E-state index in [1.807, 2.05) is 48.7 Å². The smallest absolute Gasteiger partial charge is 0.348 e. The van der Waals surface area contributed by atoms with E-state index in [1.165, 1.54) is 17.0 Å². The SMILES string of the molecule is CCN(CC(=O)N1CCn2cccc2C1c1ccccc1)C(=O)Nc1ccc(C(F)(F)F)cc1. The summed E-state index contributed by atoms with van der Waals surface area (Å²) in [5.41, 5.74) is 1.41. The van der Waals surface area contributed by atoms with Crippen molar-refractivity contribution in [2.45, 2.75) is 25.7 Å². The number of nitrogens with zero attached hydrogens (tertiary/aromatic N) is 3. The van der Waals surface area contributed by atoms with Crippen LogP contribution in [0.15, 0.2) is 72.9 Å². The predicted molar refractivity (Wildman–Crippen MR) is 122 cm³/mol. The normalized spacial score (nSPS) is 15.5. The summed E-state index contributed by atoms with van der Waals surface area (Å²) in [7, 11) is 0. The Bertz CT molecular complexity index is 1140. The van der Waals surface area contributed by atoms with E-state index in [0.717, 1.165) is 23.4 Å². The Hall–Kier alpha value is -3.75. The zero-order valence-electron chi connectivity index (χ0n) is 18.6. The molecule has 1 atom stereocenters. The largest absolute Gasteiger partial charge is 0.416 e. The third-order valence-electron chi connectivity index (χ3n) is 5.93. The van der Waals surface area contributed by atoms with E-state index in [-0.39, 0.29) is 30.7 Å². The van der Waals surface area contributed by atoms with Crippen molar-refractivity contribution >= 4 is 17.6 Å². The molecule has 0 aliphatic carbocycles. The van der Waals surface area contributed by atoms with Crippen LogP contribution in [-0.2, 0) is 17.5 Å². The molecule has 0 fully saturated rings. The molecule has 3 aromatic rings. The summed E-state index contributed by atoms with van der Waals surface area (Å²) >= 11 is 0. The number of hydrogen-bond acceptors (Lipinski definition) is 2. The summed E-state index contributed by atoms with van der Waals surface area (Å²) in [5.74, 6) is -0.203. The number of anilines is 1. The van der Waals surface area contributed by atoms with Crippen LogP contribution in [-0.4, -0.2) is 45.9 Å². The van der Waals surface area contributed by atoms with E-state index in [9.17, 15) is 22.8 Å². The van der Waals surface area contributed by atoms with Gasteiger partial charge in [0.2, 0.25) is 5.91 Å². The highest BCUT2D eigenvalue weighted by Crippen LogP contribution is 2.33. The molecule has 1 N–H and O–H groups in total. The Balaban J connectivity index is 1.48. The minimum Gasteiger partial charge on any atom is -0.348 e. The Morgan fingerprint density at radius 2 is 1.71 bits per heavy atom. The van der Waals surface area contributed by atoms with E-state index in [0.29, 0.717) is 13.1 Å². The maximum Gasteiger partial charge on any atom is 0.416 e. The van der Waals surface area contributed by atoms with Crippen LogP contribution in [0.2, 0.25) is 0 Å². The van der Waals surface area contributed by atoms with Crippen LogP contribution in [0.5, 0.6) is 0 Å². The third-order valence-corrected chi connectivity index (χ3v) is 5.93. The molecule has 2 heterocycles. The number of likely N-dealkylation sites (N-methyl/N-ethyl adjacent to an activating group) is 1. The van der Waals surface area contributed by atoms with Gasteiger partial charge in [-0.15, -0.1) is 0 Å². The van der Waals surface area contributed by atoms with Crippen molar-refractivity contribution in [3.63, 3.8) is 0 Å². The van der Waals surface area contributed by atoms with Gasteiger partial charge in [0.25, 0.3) is 0 Å². The Labute approximate surface area is 195 Å². The molecule has 0 saturated heterocycles. The van der Waals surface area contributed by atoms with Crippen LogP contribution in [0.1, 0.15) is 29.8 Å². The lowest BCUT2D eigenvalue weighted by Crippen LogP contribution is -2.48. The number of urea groups is 1. The fourth-order valence-corrected chi connectivity index (χ4v) is 4.16. The summed E-state index contributed by atoms with van der Waals surface area (Å²) in [6, 6.07) is 17.1. The number of halogens is 3. The number of aromatic nitrogens is 1. The average molecular weight is 470 g/mol. The number of fused-ring (bicyclic) bond motifs is 1. The molecular weight excluding hydrogens is 445 g/mol. The van der Waals surface area contributed by atoms with Crippen molar-refractivity contribution in [2.75, 3.05) is 25.0 Å².